The summed E-state index contributed by atoms with van der Waals surface area (Å²) >= 11 is 0. The van der Waals surface area contributed by atoms with E-state index in [0.29, 0.717) is 11.5 Å². The summed E-state index contributed by atoms with van der Waals surface area (Å²) in [6.45, 7) is 0. The van der Waals surface area contributed by atoms with Crippen molar-refractivity contribution in [1.29, 1.82) is 0 Å². The Morgan fingerprint density at radius 3 is 2.67 bits per heavy atom. The summed E-state index contributed by atoms with van der Waals surface area (Å²) in [4.78, 5) is 12.3. The molecule has 4 rings (SSSR count). The van der Waals surface area contributed by atoms with Gasteiger partial charge in [-0.3, -0.25) is 4.79 Å². The van der Waals surface area contributed by atoms with Crippen LogP contribution in [0, 0.1) is 0 Å². The lowest BCUT2D eigenvalue weighted by Gasteiger charge is -2.08. The van der Waals surface area contributed by atoms with Gasteiger partial charge in [-0.1, -0.05) is 12.1 Å². The summed E-state index contributed by atoms with van der Waals surface area (Å²) in [5.74, 6) is 0.641. The van der Waals surface area contributed by atoms with E-state index in [0.717, 1.165) is 29.4 Å². The number of hydrogen-bond donors (Lipinski definition) is 0. The second kappa shape index (κ2) is 6.04. The van der Waals surface area contributed by atoms with Gasteiger partial charge in [-0.05, 0) is 54.7 Å². The van der Waals surface area contributed by atoms with Gasteiger partial charge in [0.15, 0.2) is 11.5 Å². The van der Waals surface area contributed by atoms with Crippen LogP contribution in [0.1, 0.15) is 23.1 Å². The van der Waals surface area contributed by atoms with Crippen molar-refractivity contribution in [1.82, 2.24) is 0 Å². The minimum absolute atomic E-state index is 0.170. The molecule has 0 amide bonds. The van der Waals surface area contributed by atoms with Crippen LogP contribution in [0.25, 0.3) is 11.0 Å². The first-order chi connectivity index (χ1) is 11.7. The number of methoxy groups -OCH3 is 1. The van der Waals surface area contributed by atoms with Gasteiger partial charge in [0.2, 0.25) is 0 Å². The van der Waals surface area contributed by atoms with Crippen LogP contribution < -0.4 is 9.47 Å². The molecule has 4 nitrogen and oxygen atoms in total. The summed E-state index contributed by atoms with van der Waals surface area (Å²) < 4.78 is 16.3. The van der Waals surface area contributed by atoms with Crippen molar-refractivity contribution in [3.05, 3.63) is 59.4 Å². The zero-order chi connectivity index (χ0) is 16.5. The SMILES string of the molecule is COc1ccccc1OC(=O)Cc1coc2cc3c(cc12)CCC3. The van der Waals surface area contributed by atoms with E-state index in [9.17, 15) is 4.79 Å². The van der Waals surface area contributed by atoms with E-state index >= 15 is 0 Å². The highest BCUT2D eigenvalue weighted by molar-refractivity contribution is 5.87. The van der Waals surface area contributed by atoms with E-state index in [1.54, 1.807) is 25.5 Å². The van der Waals surface area contributed by atoms with Crippen molar-refractivity contribution in [2.24, 2.45) is 0 Å². The van der Waals surface area contributed by atoms with Gasteiger partial charge in [0, 0.05) is 10.9 Å². The van der Waals surface area contributed by atoms with Gasteiger partial charge in [0.1, 0.15) is 5.58 Å². The molecule has 0 bridgehead atoms. The van der Waals surface area contributed by atoms with Crippen LogP contribution in [0.2, 0.25) is 0 Å². The fourth-order valence-electron chi connectivity index (χ4n) is 3.30. The second-order valence-electron chi connectivity index (χ2n) is 6.03. The molecule has 24 heavy (non-hydrogen) atoms. The monoisotopic (exact) mass is 322 g/mol. The molecule has 0 fully saturated rings. The van der Waals surface area contributed by atoms with Crippen LogP contribution in [-0.4, -0.2) is 13.1 Å². The summed E-state index contributed by atoms with van der Waals surface area (Å²) in [5.41, 5.74) is 4.43. The first-order valence-corrected chi connectivity index (χ1v) is 8.10. The van der Waals surface area contributed by atoms with E-state index in [2.05, 4.69) is 12.1 Å². The Morgan fingerprint density at radius 2 is 1.88 bits per heavy atom. The molecule has 0 saturated heterocycles. The molecule has 0 spiro atoms. The molecule has 0 aliphatic heterocycles. The first kappa shape index (κ1) is 14.8. The first-order valence-electron chi connectivity index (χ1n) is 8.10. The third-order valence-corrected chi connectivity index (χ3v) is 4.50. The Balaban J connectivity index is 1.57. The molecule has 0 unspecified atom stereocenters. The fourth-order valence-corrected chi connectivity index (χ4v) is 3.30. The standard InChI is InChI=1S/C20H18O4/c1-22-17-7-2-3-8-18(17)24-20(21)11-15-12-23-19-10-14-6-4-5-13(14)9-16(15)19/h2-3,7-10,12H,4-6,11H2,1H3. The Labute approximate surface area is 140 Å². The number of para-hydroxylation sites is 2. The molecule has 0 radical (unpaired) electrons. The van der Waals surface area contributed by atoms with E-state index in [1.165, 1.54) is 17.5 Å². The molecule has 2 aromatic carbocycles. The average molecular weight is 322 g/mol. The number of carbonyl (C=O) groups is 1. The highest BCUT2D eigenvalue weighted by atomic mass is 16.6. The number of hydrogen-bond acceptors (Lipinski definition) is 4. The average Bonchev–Trinajstić information content (AvgIpc) is 3.20. The highest BCUT2D eigenvalue weighted by Crippen LogP contribution is 2.31. The van der Waals surface area contributed by atoms with Crippen LogP contribution >= 0.6 is 0 Å². The topological polar surface area (TPSA) is 48.7 Å². The maximum Gasteiger partial charge on any atom is 0.315 e. The van der Waals surface area contributed by atoms with Gasteiger partial charge in [-0.15, -0.1) is 0 Å². The molecular weight excluding hydrogens is 304 g/mol. The molecule has 3 aromatic rings. The molecule has 0 saturated carbocycles. The Bertz CT molecular complexity index is 907. The maximum absolute atomic E-state index is 12.3. The molecule has 122 valence electrons. The smallest absolute Gasteiger partial charge is 0.315 e. The Morgan fingerprint density at radius 1 is 1.12 bits per heavy atom. The summed E-state index contributed by atoms with van der Waals surface area (Å²) in [7, 11) is 1.55. The van der Waals surface area contributed by atoms with Crippen molar-refractivity contribution >= 4 is 16.9 Å². The zero-order valence-corrected chi connectivity index (χ0v) is 13.5. The summed E-state index contributed by atoms with van der Waals surface area (Å²) in [5, 5.41) is 1.01. The lowest BCUT2D eigenvalue weighted by atomic mass is 10.0. The predicted molar refractivity (Wildman–Crippen MR) is 90.6 cm³/mol. The minimum atomic E-state index is -0.331. The van der Waals surface area contributed by atoms with Gasteiger partial charge in [-0.25, -0.2) is 0 Å². The van der Waals surface area contributed by atoms with Crippen molar-refractivity contribution in [3.8, 4) is 11.5 Å². The van der Waals surface area contributed by atoms with Crippen molar-refractivity contribution in [2.75, 3.05) is 7.11 Å². The number of aryl methyl sites for hydroxylation is 2. The molecule has 0 atom stereocenters. The number of benzene rings is 2. The maximum atomic E-state index is 12.3. The molecule has 4 heteroatoms. The van der Waals surface area contributed by atoms with E-state index in [1.807, 2.05) is 12.1 Å². The van der Waals surface area contributed by atoms with Crippen LogP contribution in [0.4, 0.5) is 0 Å². The number of carbonyl (C=O) groups excluding carboxylic acids is 1. The van der Waals surface area contributed by atoms with Crippen LogP contribution in [-0.2, 0) is 24.1 Å². The molecular formula is C20H18O4. The van der Waals surface area contributed by atoms with Crippen molar-refractivity contribution in [2.45, 2.75) is 25.7 Å². The number of esters is 1. The van der Waals surface area contributed by atoms with E-state index in [-0.39, 0.29) is 12.4 Å². The van der Waals surface area contributed by atoms with Crippen molar-refractivity contribution in [3.63, 3.8) is 0 Å². The second-order valence-corrected chi connectivity index (χ2v) is 6.03. The molecule has 1 heterocycles. The zero-order valence-electron chi connectivity index (χ0n) is 13.5. The largest absolute Gasteiger partial charge is 0.493 e. The van der Waals surface area contributed by atoms with Gasteiger partial charge >= 0.3 is 5.97 Å². The number of fused-ring (bicyclic) bond motifs is 2. The van der Waals surface area contributed by atoms with Gasteiger partial charge in [0.25, 0.3) is 0 Å². The fraction of sp³-hybridized carbons (Fsp3) is 0.250. The minimum Gasteiger partial charge on any atom is -0.493 e. The summed E-state index contributed by atoms with van der Waals surface area (Å²) in [6, 6.07) is 11.4. The third-order valence-electron chi connectivity index (χ3n) is 4.50. The predicted octanol–water partition coefficient (Wildman–Crippen LogP) is 4.08. The molecule has 1 aromatic heterocycles. The normalized spacial score (nSPS) is 13.0. The molecule has 1 aliphatic rings. The van der Waals surface area contributed by atoms with Gasteiger partial charge in [0.05, 0.1) is 19.8 Å². The lowest BCUT2D eigenvalue weighted by molar-refractivity contribution is -0.133. The Kier molecular flexibility index (Phi) is 3.73. The van der Waals surface area contributed by atoms with Crippen LogP contribution in [0.5, 0.6) is 11.5 Å². The van der Waals surface area contributed by atoms with Gasteiger partial charge in [-0.2, -0.15) is 0 Å². The van der Waals surface area contributed by atoms with Crippen LogP contribution in [0.15, 0.2) is 47.1 Å². The third kappa shape index (κ3) is 2.64. The highest BCUT2D eigenvalue weighted by Gasteiger charge is 2.18. The van der Waals surface area contributed by atoms with E-state index in [4.69, 9.17) is 13.9 Å². The quantitative estimate of drug-likeness (QED) is 0.536. The molecule has 0 N–H and O–H groups in total. The van der Waals surface area contributed by atoms with Crippen LogP contribution in [0.3, 0.4) is 0 Å². The van der Waals surface area contributed by atoms with E-state index < -0.39 is 0 Å². The Hall–Kier alpha value is -2.75. The van der Waals surface area contributed by atoms with Gasteiger partial charge < -0.3 is 13.9 Å². The number of ether oxygens (including phenoxy) is 2. The lowest BCUT2D eigenvalue weighted by Crippen LogP contribution is -2.11. The van der Waals surface area contributed by atoms with Crippen molar-refractivity contribution < 1.29 is 18.7 Å². The summed E-state index contributed by atoms with van der Waals surface area (Å²) in [6.07, 6.45) is 5.22. The molecule has 1 aliphatic carbocycles. The number of furan rings is 1. The number of rotatable bonds is 4.